The van der Waals surface area contributed by atoms with Gasteiger partial charge in [-0.15, -0.1) is 11.3 Å². The number of carbonyl (C=O) groups is 1. The van der Waals surface area contributed by atoms with E-state index in [-0.39, 0.29) is 5.78 Å². The van der Waals surface area contributed by atoms with Gasteiger partial charge in [-0.05, 0) is 28.5 Å². The van der Waals surface area contributed by atoms with Gasteiger partial charge in [0.25, 0.3) is 0 Å². The van der Waals surface area contributed by atoms with Crippen LogP contribution in [-0.4, -0.2) is 12.3 Å². The van der Waals surface area contributed by atoms with Crippen LogP contribution in [0.5, 0.6) is 0 Å². The average Bonchev–Trinajstić information content (AvgIpc) is 2.36. The van der Waals surface area contributed by atoms with Crippen molar-refractivity contribution in [2.45, 2.75) is 6.42 Å². The molecule has 0 saturated heterocycles. The normalized spacial score (nSPS) is 10.0. The first kappa shape index (κ1) is 8.90. The Morgan fingerprint density at radius 3 is 2.91 bits per heavy atom. The zero-order chi connectivity index (χ0) is 8.27. The van der Waals surface area contributed by atoms with Crippen molar-refractivity contribution in [2.24, 2.45) is 5.73 Å². The predicted molar refractivity (Wildman–Crippen MR) is 50.0 cm³/mol. The summed E-state index contributed by atoms with van der Waals surface area (Å²) in [5.74, 6) is 0.120. The van der Waals surface area contributed by atoms with E-state index in [2.05, 4.69) is 15.9 Å². The van der Waals surface area contributed by atoms with Crippen molar-refractivity contribution < 1.29 is 4.79 Å². The minimum Gasteiger partial charge on any atom is -0.330 e. The highest BCUT2D eigenvalue weighted by atomic mass is 79.9. The summed E-state index contributed by atoms with van der Waals surface area (Å²) in [6.45, 7) is 0.423. The quantitative estimate of drug-likeness (QED) is 0.813. The van der Waals surface area contributed by atoms with Crippen LogP contribution >= 0.6 is 27.3 Å². The summed E-state index contributed by atoms with van der Waals surface area (Å²) in [4.78, 5) is 11.2. The summed E-state index contributed by atoms with van der Waals surface area (Å²) < 4.78 is 0.984. The second-order valence-electron chi connectivity index (χ2n) is 2.10. The van der Waals surface area contributed by atoms with E-state index in [0.29, 0.717) is 13.0 Å². The zero-order valence-corrected chi connectivity index (χ0v) is 8.24. The average molecular weight is 234 g/mol. The maximum absolute atomic E-state index is 11.2. The van der Waals surface area contributed by atoms with Gasteiger partial charge in [-0.3, -0.25) is 4.79 Å². The lowest BCUT2D eigenvalue weighted by atomic mass is 10.2. The van der Waals surface area contributed by atoms with Gasteiger partial charge in [0.15, 0.2) is 5.78 Å². The highest BCUT2D eigenvalue weighted by molar-refractivity contribution is 9.11. The predicted octanol–water partition coefficient (Wildman–Crippen LogP) is 2.04. The summed E-state index contributed by atoms with van der Waals surface area (Å²) >= 11 is 4.80. The maximum Gasteiger partial charge on any atom is 0.165 e. The van der Waals surface area contributed by atoms with Gasteiger partial charge < -0.3 is 5.73 Å². The van der Waals surface area contributed by atoms with E-state index >= 15 is 0 Å². The van der Waals surface area contributed by atoms with E-state index in [1.165, 1.54) is 11.3 Å². The number of rotatable bonds is 3. The van der Waals surface area contributed by atoms with Crippen LogP contribution in [0.2, 0.25) is 0 Å². The van der Waals surface area contributed by atoms with Crippen LogP contribution in [0.15, 0.2) is 15.2 Å². The van der Waals surface area contributed by atoms with Crippen molar-refractivity contribution in [3.05, 3.63) is 20.8 Å². The fraction of sp³-hybridized carbons (Fsp3) is 0.286. The topological polar surface area (TPSA) is 43.1 Å². The molecule has 0 unspecified atom stereocenters. The fourth-order valence-electron chi connectivity index (χ4n) is 0.732. The number of hydrogen-bond acceptors (Lipinski definition) is 3. The van der Waals surface area contributed by atoms with Gasteiger partial charge in [0.05, 0.1) is 3.79 Å². The summed E-state index contributed by atoms with van der Waals surface area (Å²) in [5, 5.41) is 1.84. The number of carbonyl (C=O) groups excluding carboxylic acids is 1. The number of ketones is 1. The standard InChI is InChI=1S/C7H8BrNOS/c8-7-3-5(4-11-7)6(10)1-2-9/h3-4H,1-2,9H2. The largest absolute Gasteiger partial charge is 0.330 e. The second-order valence-corrected chi connectivity index (χ2v) is 4.39. The SMILES string of the molecule is NCCC(=O)c1csc(Br)c1. The molecule has 0 saturated carbocycles. The molecular weight excluding hydrogens is 226 g/mol. The Hall–Kier alpha value is -0.190. The van der Waals surface area contributed by atoms with Crippen LogP contribution in [0.25, 0.3) is 0 Å². The molecule has 0 spiro atoms. The monoisotopic (exact) mass is 233 g/mol. The molecule has 0 atom stereocenters. The molecule has 0 aliphatic carbocycles. The lowest BCUT2D eigenvalue weighted by Crippen LogP contribution is -2.06. The summed E-state index contributed by atoms with van der Waals surface area (Å²) in [5.41, 5.74) is 6.00. The molecule has 4 heteroatoms. The molecule has 0 radical (unpaired) electrons. The molecule has 0 aliphatic rings. The molecule has 1 aromatic rings. The molecule has 60 valence electrons. The summed E-state index contributed by atoms with van der Waals surface area (Å²) in [6, 6.07) is 1.82. The van der Waals surface area contributed by atoms with E-state index in [1.54, 1.807) is 0 Å². The van der Waals surface area contributed by atoms with Crippen LogP contribution in [0, 0.1) is 0 Å². The van der Waals surface area contributed by atoms with E-state index in [9.17, 15) is 4.79 Å². The van der Waals surface area contributed by atoms with Crippen LogP contribution < -0.4 is 5.73 Å². The Labute approximate surface area is 77.5 Å². The maximum atomic E-state index is 11.2. The first-order chi connectivity index (χ1) is 5.24. The van der Waals surface area contributed by atoms with E-state index < -0.39 is 0 Å². The van der Waals surface area contributed by atoms with Crippen LogP contribution in [0.3, 0.4) is 0 Å². The minimum atomic E-state index is 0.120. The first-order valence-electron chi connectivity index (χ1n) is 3.21. The molecule has 2 N–H and O–H groups in total. The van der Waals surface area contributed by atoms with Gasteiger partial charge in [-0.25, -0.2) is 0 Å². The fourth-order valence-corrected chi connectivity index (χ4v) is 1.89. The van der Waals surface area contributed by atoms with Crippen LogP contribution in [-0.2, 0) is 0 Å². The minimum absolute atomic E-state index is 0.120. The molecule has 0 amide bonds. The number of Topliss-reactive ketones (excluding diaryl/α,β-unsaturated/α-hetero) is 1. The van der Waals surface area contributed by atoms with Gasteiger partial charge in [-0.2, -0.15) is 0 Å². The van der Waals surface area contributed by atoms with Crippen molar-refractivity contribution in [1.29, 1.82) is 0 Å². The van der Waals surface area contributed by atoms with Crippen molar-refractivity contribution >= 4 is 33.0 Å². The smallest absolute Gasteiger partial charge is 0.165 e. The first-order valence-corrected chi connectivity index (χ1v) is 4.88. The molecule has 1 rings (SSSR count). The summed E-state index contributed by atoms with van der Waals surface area (Å²) in [6.07, 6.45) is 0.434. The van der Waals surface area contributed by atoms with Gasteiger partial charge in [0.2, 0.25) is 0 Å². The van der Waals surface area contributed by atoms with Crippen molar-refractivity contribution in [1.82, 2.24) is 0 Å². The molecule has 0 fully saturated rings. The third kappa shape index (κ3) is 2.39. The lowest BCUT2D eigenvalue weighted by Gasteiger charge is -1.91. The van der Waals surface area contributed by atoms with Crippen molar-refractivity contribution in [2.75, 3.05) is 6.54 Å². The number of nitrogens with two attached hydrogens (primary N) is 1. The molecule has 0 bridgehead atoms. The Bertz CT molecular complexity index is 259. The molecule has 1 aromatic heterocycles. The molecule has 11 heavy (non-hydrogen) atoms. The van der Waals surface area contributed by atoms with E-state index in [4.69, 9.17) is 5.73 Å². The molecule has 0 aromatic carbocycles. The Kier molecular flexibility index (Phi) is 3.23. The van der Waals surface area contributed by atoms with E-state index in [1.807, 2.05) is 11.4 Å². The Morgan fingerprint density at radius 1 is 1.73 bits per heavy atom. The second kappa shape index (κ2) is 3.99. The number of hydrogen-bond donors (Lipinski definition) is 1. The van der Waals surface area contributed by atoms with Crippen molar-refractivity contribution in [3.63, 3.8) is 0 Å². The summed E-state index contributed by atoms with van der Waals surface area (Å²) in [7, 11) is 0. The Balaban J connectivity index is 2.69. The molecular formula is C7H8BrNOS. The van der Waals surface area contributed by atoms with Crippen molar-refractivity contribution in [3.8, 4) is 0 Å². The molecule has 2 nitrogen and oxygen atoms in total. The van der Waals surface area contributed by atoms with E-state index in [0.717, 1.165) is 9.35 Å². The third-order valence-corrected chi connectivity index (χ3v) is 2.77. The van der Waals surface area contributed by atoms with Crippen LogP contribution in [0.1, 0.15) is 16.8 Å². The zero-order valence-electron chi connectivity index (χ0n) is 5.84. The highest BCUT2D eigenvalue weighted by Gasteiger charge is 2.05. The van der Waals surface area contributed by atoms with Crippen LogP contribution in [0.4, 0.5) is 0 Å². The van der Waals surface area contributed by atoms with Gasteiger partial charge >= 0.3 is 0 Å². The molecule has 1 heterocycles. The lowest BCUT2D eigenvalue weighted by molar-refractivity contribution is 0.0986. The van der Waals surface area contributed by atoms with Gasteiger partial charge in [0, 0.05) is 17.4 Å². The van der Waals surface area contributed by atoms with Gasteiger partial charge in [-0.1, -0.05) is 0 Å². The van der Waals surface area contributed by atoms with Gasteiger partial charge in [0.1, 0.15) is 0 Å². The third-order valence-electron chi connectivity index (χ3n) is 1.26. The highest BCUT2D eigenvalue weighted by Crippen LogP contribution is 2.21. The molecule has 0 aliphatic heterocycles. The Morgan fingerprint density at radius 2 is 2.45 bits per heavy atom. The number of thiophene rings is 1. The number of halogens is 1.